The fourth-order valence-corrected chi connectivity index (χ4v) is 19.5. The molecule has 2 fully saturated rings. The summed E-state index contributed by atoms with van der Waals surface area (Å²) in [7, 11) is -19.1. The number of benzene rings is 3. The van der Waals surface area contributed by atoms with E-state index in [1.165, 1.54) is 29.1 Å². The second-order valence-electron chi connectivity index (χ2n) is 25.9. The zero-order valence-electron chi connectivity index (χ0n) is 51.5. The molecular weight excluding hydrogens is 1180 g/mol. The molecule has 85 heavy (non-hydrogen) atoms. The second kappa shape index (κ2) is 26.0. The van der Waals surface area contributed by atoms with Crippen LogP contribution in [0.2, 0.25) is 41.3 Å². The summed E-state index contributed by atoms with van der Waals surface area (Å²) in [5, 5.41) is 10.3. The Balaban J connectivity index is 1.43. The van der Waals surface area contributed by atoms with Crippen molar-refractivity contribution < 1.29 is 53.5 Å². The number of hydrogen-bond acceptors (Lipinski definition) is 17. The van der Waals surface area contributed by atoms with E-state index in [0.717, 1.165) is 26.6 Å². The molecule has 2 aromatic heterocycles. The Hall–Kier alpha value is -5.02. The van der Waals surface area contributed by atoms with Crippen molar-refractivity contribution in [2.24, 2.45) is 0 Å². The van der Waals surface area contributed by atoms with Crippen LogP contribution in [0.3, 0.4) is 0 Å². The Morgan fingerprint density at radius 3 is 1.87 bits per heavy atom. The van der Waals surface area contributed by atoms with Crippen molar-refractivity contribution in [3.63, 3.8) is 0 Å². The molecule has 0 spiro atoms. The van der Waals surface area contributed by atoms with E-state index in [4.69, 9.17) is 40.5 Å². The lowest BCUT2D eigenvalue weighted by atomic mass is 9.89. The molecule has 1 unspecified atom stereocenters. The van der Waals surface area contributed by atoms with Crippen molar-refractivity contribution >= 4 is 53.3 Å². The summed E-state index contributed by atoms with van der Waals surface area (Å²) in [6, 6.07) is 28.9. The van der Waals surface area contributed by atoms with Crippen molar-refractivity contribution in [1.82, 2.24) is 19.1 Å². The highest BCUT2D eigenvalue weighted by atomic mass is 32.2. The number of aryl methyl sites for hydroxylation is 2. The number of hydrogen-bond donors (Lipinski definition) is 2. The van der Waals surface area contributed by atoms with Gasteiger partial charge < -0.3 is 22.8 Å². The monoisotopic (exact) mass is 1270 g/mol. The number of nitriles is 1. The molecule has 26 heteroatoms. The lowest BCUT2D eigenvalue weighted by molar-refractivity contribution is -0.104. The molecule has 2 saturated heterocycles. The first-order valence-electron chi connectivity index (χ1n) is 28.5. The van der Waals surface area contributed by atoms with Crippen LogP contribution in [0, 0.1) is 25.2 Å². The summed E-state index contributed by atoms with van der Waals surface area (Å²) in [6.07, 6.45) is -5.73. The van der Waals surface area contributed by atoms with Crippen molar-refractivity contribution in [3.8, 4) is 6.07 Å². The molecule has 464 valence electrons. The maximum absolute atomic E-state index is 16.5. The van der Waals surface area contributed by atoms with Crippen LogP contribution in [0.5, 0.6) is 0 Å². The van der Waals surface area contributed by atoms with E-state index in [1.807, 2.05) is 141 Å². The average Bonchev–Trinajstić information content (AvgIpc) is 1.99. The summed E-state index contributed by atoms with van der Waals surface area (Å²) in [4.78, 5) is 57.8. The maximum Gasteiger partial charge on any atom is 0.475 e. The SMILES string of the molecule is Cc1ccc(S(=O)(=O)OCC[C@]2(OP(=O)(OCCC#N)OC[C@H]3O[C@@H](n4cc(C)c(=O)[nH]c4=O)C[C@@H]3O[Si](c3ccccc3)(c3ccccc3)C(C)(C)C)[C@@H](CO[Si](C)(C)C(C)(C)C)O[C@@H](n3ccc(=O)[nH]c3=O)[C@@H]2O[Si](C)(C)C(C)(C)C)cc1. The zero-order valence-corrected chi connectivity index (χ0v) is 56.2. The number of ether oxygens (including phenoxy) is 2. The van der Waals surface area contributed by atoms with E-state index in [9.17, 15) is 32.9 Å². The molecule has 0 bridgehead atoms. The molecule has 0 aliphatic carbocycles. The smallest absolute Gasteiger partial charge is 0.414 e. The Labute approximate surface area is 501 Å². The van der Waals surface area contributed by atoms with Gasteiger partial charge in [0.25, 0.3) is 29.6 Å². The summed E-state index contributed by atoms with van der Waals surface area (Å²) in [5.74, 6) is 0. The lowest BCUT2D eigenvalue weighted by Crippen LogP contribution is -2.68. The molecule has 7 rings (SSSR count). The highest BCUT2D eigenvalue weighted by Gasteiger charge is 2.65. The van der Waals surface area contributed by atoms with Gasteiger partial charge in [-0.15, -0.1) is 0 Å². The minimum atomic E-state index is -5.25. The largest absolute Gasteiger partial charge is 0.475 e. The molecular formula is C59H84N5O16PSSi3. The Morgan fingerprint density at radius 2 is 1.32 bits per heavy atom. The molecule has 2 aliphatic rings. The summed E-state index contributed by atoms with van der Waals surface area (Å²) >= 11 is 0. The fourth-order valence-electron chi connectivity index (χ4n) is 10.0. The van der Waals surface area contributed by atoms with Gasteiger partial charge in [-0.25, -0.2) is 14.2 Å². The van der Waals surface area contributed by atoms with E-state index in [2.05, 4.69) is 30.7 Å². The van der Waals surface area contributed by atoms with Crippen LogP contribution in [-0.4, -0.2) is 109 Å². The van der Waals surface area contributed by atoms with Crippen LogP contribution >= 0.6 is 7.82 Å². The molecule has 0 amide bonds. The number of phosphoric ester groups is 1. The average molecular weight is 1270 g/mol. The Morgan fingerprint density at radius 1 is 0.729 bits per heavy atom. The predicted octanol–water partition coefficient (Wildman–Crippen LogP) is 8.85. The molecule has 4 heterocycles. The number of nitrogens with zero attached hydrogens (tertiary/aromatic N) is 3. The third-order valence-electron chi connectivity index (χ3n) is 16.9. The predicted molar refractivity (Wildman–Crippen MR) is 330 cm³/mol. The first kappa shape index (κ1) is 67.5. The van der Waals surface area contributed by atoms with Gasteiger partial charge in [-0.3, -0.25) is 46.4 Å². The maximum atomic E-state index is 16.5. The zero-order chi connectivity index (χ0) is 62.8. The van der Waals surface area contributed by atoms with E-state index in [1.54, 1.807) is 19.1 Å². The van der Waals surface area contributed by atoms with Crippen LogP contribution in [0.4, 0.5) is 0 Å². The van der Waals surface area contributed by atoms with Gasteiger partial charge in [0, 0.05) is 36.9 Å². The normalized spacial score (nSPS) is 22.5. The van der Waals surface area contributed by atoms with Crippen molar-refractivity contribution in [3.05, 3.63) is 156 Å². The van der Waals surface area contributed by atoms with Gasteiger partial charge in [-0.2, -0.15) is 13.7 Å². The van der Waals surface area contributed by atoms with Crippen LogP contribution in [0.15, 0.2) is 127 Å². The molecule has 8 atom stereocenters. The minimum absolute atomic E-state index is 0.0276. The number of aromatic amines is 2. The van der Waals surface area contributed by atoms with E-state index >= 15 is 4.57 Å². The quantitative estimate of drug-likeness (QED) is 0.0253. The number of rotatable bonds is 24. The second-order valence-corrected chi connectivity index (χ2v) is 43.0. The number of aromatic nitrogens is 4. The molecule has 3 aromatic carbocycles. The van der Waals surface area contributed by atoms with Crippen molar-refractivity contribution in [1.29, 1.82) is 5.26 Å². The summed E-state index contributed by atoms with van der Waals surface area (Å²) in [5.41, 5.74) is -4.08. The first-order valence-corrected chi connectivity index (χ1v) is 39.1. The standard InChI is InChI=1S/C59H84N5O16PSSi3/c1-41-27-29-43(30-28-41)82(70,71)74-36-32-59(48(40-75-83(12,13)56(3,4)5)77-53(63-34-31-49(65)61-54(63)67)51(59)79-84(14,15)57(6,7)8)80-81(69,72-35-22-33-60)73-39-47-46(37-50(76-47)64-38-42(2)52(66)62-55(64)68)78-85(58(9,10)11,44-23-18-16-19-24-44)45-25-20-17-21-26-45/h16-21,23-31,34,38,46-48,50-51,53H,22,32,35-37,39-40H2,1-15H3,(H,61,65,67)(H,62,66,68)/t46-,47+,48+,50+,51-,53+,59-,81?/m0/s1. The Kier molecular flexibility index (Phi) is 20.6. The van der Waals surface area contributed by atoms with Crippen LogP contribution < -0.4 is 32.9 Å². The Bertz CT molecular complexity index is 3540. The molecule has 5 aromatic rings. The van der Waals surface area contributed by atoms with Gasteiger partial charge in [0.05, 0.1) is 49.9 Å². The number of H-pyrrole nitrogens is 2. The fraction of sp³-hybridized carbons (Fsp3) is 0.542. The third kappa shape index (κ3) is 14.9. The van der Waals surface area contributed by atoms with E-state index < -0.39 is 144 Å². The minimum Gasteiger partial charge on any atom is -0.414 e. The summed E-state index contributed by atoms with van der Waals surface area (Å²) < 4.78 is 109. The molecule has 2 aliphatic heterocycles. The van der Waals surface area contributed by atoms with Crippen LogP contribution in [0.25, 0.3) is 0 Å². The van der Waals surface area contributed by atoms with Crippen molar-refractivity contribution in [2.45, 2.75) is 184 Å². The van der Waals surface area contributed by atoms with Crippen LogP contribution in [-0.2, 0) is 55.2 Å². The molecule has 0 saturated carbocycles. The highest BCUT2D eigenvalue weighted by molar-refractivity contribution is 7.86. The molecule has 0 radical (unpaired) electrons. The van der Waals surface area contributed by atoms with Gasteiger partial charge in [0.2, 0.25) is 0 Å². The molecule has 21 nitrogen and oxygen atoms in total. The van der Waals surface area contributed by atoms with Gasteiger partial charge in [-0.05, 0) is 77.7 Å². The highest BCUT2D eigenvalue weighted by Crippen LogP contribution is 2.60. The van der Waals surface area contributed by atoms with Crippen molar-refractivity contribution in [2.75, 3.05) is 26.4 Å². The molecule has 2 N–H and O–H groups in total. The van der Waals surface area contributed by atoms with E-state index in [-0.39, 0.29) is 34.9 Å². The number of nitrogens with one attached hydrogen (secondary N) is 2. The van der Waals surface area contributed by atoms with Gasteiger partial charge in [0.1, 0.15) is 30.1 Å². The summed E-state index contributed by atoms with van der Waals surface area (Å²) in [6.45, 7) is 27.5. The van der Waals surface area contributed by atoms with Gasteiger partial charge in [0.15, 0.2) is 22.9 Å². The van der Waals surface area contributed by atoms with E-state index in [0.29, 0.717) is 0 Å². The van der Waals surface area contributed by atoms with Gasteiger partial charge in [-0.1, -0.05) is 141 Å². The van der Waals surface area contributed by atoms with Crippen LogP contribution in [0.1, 0.15) is 105 Å². The topological polar surface area (TPSA) is 268 Å². The first-order chi connectivity index (χ1) is 39.5. The lowest BCUT2D eigenvalue weighted by Gasteiger charge is -2.46. The third-order valence-corrected chi connectivity index (χ3v) is 33.8. The van der Waals surface area contributed by atoms with Gasteiger partial charge >= 0.3 is 19.2 Å². The number of phosphoric acid groups is 1.